The standard InChI is InChI=1S/C16H19N3O2S/c1-4-11(3)17-15(21)13-9-22-16(18-13)19-14(20)12-8-6-5-7-10(12)2/h5-9,11H,4H2,1-3H3,(H,17,21)(H,18,19,20)/t11-/m0/s1. The highest BCUT2D eigenvalue weighted by molar-refractivity contribution is 7.14. The van der Waals surface area contributed by atoms with E-state index in [1.165, 1.54) is 11.3 Å². The third-order valence-corrected chi connectivity index (χ3v) is 4.09. The Labute approximate surface area is 133 Å². The molecule has 2 rings (SSSR count). The second kappa shape index (κ2) is 7.17. The first kappa shape index (κ1) is 16.2. The molecule has 0 saturated carbocycles. The number of amides is 2. The highest BCUT2D eigenvalue weighted by Crippen LogP contribution is 2.17. The van der Waals surface area contributed by atoms with E-state index in [1.807, 2.05) is 39.0 Å². The third-order valence-electron chi connectivity index (χ3n) is 3.34. The Hall–Kier alpha value is -2.21. The Morgan fingerprint density at radius 1 is 1.27 bits per heavy atom. The fraction of sp³-hybridized carbons (Fsp3) is 0.312. The number of anilines is 1. The maximum Gasteiger partial charge on any atom is 0.271 e. The molecule has 2 aromatic rings. The molecule has 1 aromatic carbocycles. The first-order valence-electron chi connectivity index (χ1n) is 7.14. The van der Waals surface area contributed by atoms with Crippen LogP contribution in [0.2, 0.25) is 0 Å². The Morgan fingerprint density at radius 2 is 2.00 bits per heavy atom. The van der Waals surface area contributed by atoms with Gasteiger partial charge in [0, 0.05) is 17.0 Å². The van der Waals surface area contributed by atoms with Gasteiger partial charge in [-0.25, -0.2) is 4.98 Å². The summed E-state index contributed by atoms with van der Waals surface area (Å²) in [5.41, 5.74) is 1.82. The molecule has 6 heteroatoms. The second-order valence-electron chi connectivity index (χ2n) is 5.09. The number of aromatic nitrogens is 1. The van der Waals surface area contributed by atoms with Gasteiger partial charge in [-0.1, -0.05) is 25.1 Å². The summed E-state index contributed by atoms with van der Waals surface area (Å²) < 4.78 is 0. The van der Waals surface area contributed by atoms with Crippen LogP contribution in [-0.4, -0.2) is 22.8 Å². The van der Waals surface area contributed by atoms with Crippen molar-refractivity contribution in [2.24, 2.45) is 0 Å². The lowest BCUT2D eigenvalue weighted by molar-refractivity contribution is 0.0933. The van der Waals surface area contributed by atoms with Crippen LogP contribution in [0.15, 0.2) is 29.6 Å². The van der Waals surface area contributed by atoms with Crippen molar-refractivity contribution in [2.45, 2.75) is 33.2 Å². The molecule has 0 radical (unpaired) electrons. The molecule has 0 aliphatic heterocycles. The maximum absolute atomic E-state index is 12.2. The Kier molecular flexibility index (Phi) is 5.27. The first-order valence-corrected chi connectivity index (χ1v) is 8.02. The number of carbonyl (C=O) groups excluding carboxylic acids is 2. The number of benzene rings is 1. The molecule has 0 saturated heterocycles. The van der Waals surface area contributed by atoms with Crippen LogP contribution in [0, 0.1) is 6.92 Å². The summed E-state index contributed by atoms with van der Waals surface area (Å²) in [5.74, 6) is -0.441. The monoisotopic (exact) mass is 317 g/mol. The number of thiazole rings is 1. The van der Waals surface area contributed by atoms with Crippen LogP contribution < -0.4 is 10.6 Å². The van der Waals surface area contributed by atoms with Crippen molar-refractivity contribution >= 4 is 28.3 Å². The predicted octanol–water partition coefficient (Wildman–Crippen LogP) is 3.23. The third kappa shape index (κ3) is 3.92. The molecular formula is C16H19N3O2S. The maximum atomic E-state index is 12.2. The molecule has 116 valence electrons. The van der Waals surface area contributed by atoms with Crippen molar-refractivity contribution in [1.82, 2.24) is 10.3 Å². The van der Waals surface area contributed by atoms with Crippen LogP contribution in [0.5, 0.6) is 0 Å². The van der Waals surface area contributed by atoms with Gasteiger partial charge in [0.1, 0.15) is 5.69 Å². The van der Waals surface area contributed by atoms with E-state index in [1.54, 1.807) is 11.4 Å². The number of nitrogens with one attached hydrogen (secondary N) is 2. The highest BCUT2D eigenvalue weighted by atomic mass is 32.1. The molecule has 0 aliphatic rings. The number of nitrogens with zero attached hydrogens (tertiary/aromatic N) is 1. The molecule has 0 fully saturated rings. The smallest absolute Gasteiger partial charge is 0.271 e. The van der Waals surface area contributed by atoms with E-state index < -0.39 is 0 Å². The van der Waals surface area contributed by atoms with Gasteiger partial charge in [0.2, 0.25) is 0 Å². The zero-order chi connectivity index (χ0) is 16.1. The van der Waals surface area contributed by atoms with Gasteiger partial charge in [-0.2, -0.15) is 0 Å². The molecule has 1 heterocycles. The van der Waals surface area contributed by atoms with Gasteiger partial charge in [-0.05, 0) is 31.9 Å². The Morgan fingerprint density at radius 3 is 2.68 bits per heavy atom. The summed E-state index contributed by atoms with van der Waals surface area (Å²) in [5, 5.41) is 7.64. The molecule has 0 aliphatic carbocycles. The van der Waals surface area contributed by atoms with E-state index in [0.29, 0.717) is 16.4 Å². The summed E-state index contributed by atoms with van der Waals surface area (Å²) in [4.78, 5) is 28.3. The quantitative estimate of drug-likeness (QED) is 0.889. The molecule has 0 spiro atoms. The Balaban J connectivity index is 2.05. The van der Waals surface area contributed by atoms with Crippen LogP contribution in [0.4, 0.5) is 5.13 Å². The van der Waals surface area contributed by atoms with Crippen molar-refractivity contribution in [3.05, 3.63) is 46.5 Å². The van der Waals surface area contributed by atoms with Crippen molar-refractivity contribution in [3.63, 3.8) is 0 Å². The molecule has 2 N–H and O–H groups in total. The lowest BCUT2D eigenvalue weighted by atomic mass is 10.1. The lowest BCUT2D eigenvalue weighted by Crippen LogP contribution is -2.32. The minimum atomic E-state index is -0.221. The van der Waals surface area contributed by atoms with Crippen molar-refractivity contribution < 1.29 is 9.59 Å². The largest absolute Gasteiger partial charge is 0.348 e. The summed E-state index contributed by atoms with van der Waals surface area (Å²) in [6, 6.07) is 7.43. The number of rotatable bonds is 5. The van der Waals surface area contributed by atoms with Gasteiger partial charge in [0.05, 0.1) is 0 Å². The summed E-state index contributed by atoms with van der Waals surface area (Å²) in [7, 11) is 0. The van der Waals surface area contributed by atoms with E-state index in [-0.39, 0.29) is 17.9 Å². The molecule has 1 atom stereocenters. The number of aryl methyl sites for hydroxylation is 1. The van der Waals surface area contributed by atoms with Gasteiger partial charge in [0.25, 0.3) is 11.8 Å². The van der Waals surface area contributed by atoms with Gasteiger partial charge in [-0.3, -0.25) is 14.9 Å². The number of hydrogen-bond donors (Lipinski definition) is 2. The lowest BCUT2D eigenvalue weighted by Gasteiger charge is -2.09. The highest BCUT2D eigenvalue weighted by Gasteiger charge is 2.15. The minimum absolute atomic E-state index is 0.0965. The normalized spacial score (nSPS) is 11.8. The van der Waals surface area contributed by atoms with E-state index in [4.69, 9.17) is 0 Å². The average molecular weight is 317 g/mol. The van der Waals surface area contributed by atoms with Gasteiger partial charge in [0.15, 0.2) is 5.13 Å². The molecule has 0 bridgehead atoms. The molecular weight excluding hydrogens is 298 g/mol. The number of hydrogen-bond acceptors (Lipinski definition) is 4. The first-order chi connectivity index (χ1) is 10.5. The second-order valence-corrected chi connectivity index (χ2v) is 5.95. The fourth-order valence-electron chi connectivity index (χ4n) is 1.83. The minimum Gasteiger partial charge on any atom is -0.348 e. The molecule has 5 nitrogen and oxygen atoms in total. The summed E-state index contributed by atoms with van der Waals surface area (Å²) in [6.45, 7) is 5.81. The zero-order valence-electron chi connectivity index (χ0n) is 12.8. The van der Waals surface area contributed by atoms with E-state index in [2.05, 4.69) is 15.6 Å². The topological polar surface area (TPSA) is 71.1 Å². The van der Waals surface area contributed by atoms with Gasteiger partial charge in [-0.15, -0.1) is 11.3 Å². The van der Waals surface area contributed by atoms with Crippen LogP contribution >= 0.6 is 11.3 Å². The summed E-state index contributed by atoms with van der Waals surface area (Å²) in [6.07, 6.45) is 0.854. The SMILES string of the molecule is CC[C@H](C)NC(=O)c1csc(NC(=O)c2ccccc2C)n1. The van der Waals surface area contributed by atoms with Crippen LogP contribution in [-0.2, 0) is 0 Å². The van der Waals surface area contributed by atoms with E-state index in [9.17, 15) is 9.59 Å². The van der Waals surface area contributed by atoms with E-state index in [0.717, 1.165) is 12.0 Å². The van der Waals surface area contributed by atoms with Gasteiger partial charge >= 0.3 is 0 Å². The van der Waals surface area contributed by atoms with Crippen molar-refractivity contribution in [3.8, 4) is 0 Å². The fourth-order valence-corrected chi connectivity index (χ4v) is 2.51. The summed E-state index contributed by atoms with van der Waals surface area (Å²) >= 11 is 1.24. The van der Waals surface area contributed by atoms with Gasteiger partial charge < -0.3 is 5.32 Å². The average Bonchev–Trinajstić information content (AvgIpc) is 2.96. The molecule has 22 heavy (non-hydrogen) atoms. The van der Waals surface area contributed by atoms with Crippen LogP contribution in [0.1, 0.15) is 46.7 Å². The Bertz CT molecular complexity index is 682. The molecule has 1 aromatic heterocycles. The van der Waals surface area contributed by atoms with Crippen LogP contribution in [0.25, 0.3) is 0 Å². The predicted molar refractivity (Wildman–Crippen MR) is 88.5 cm³/mol. The van der Waals surface area contributed by atoms with E-state index >= 15 is 0 Å². The van der Waals surface area contributed by atoms with Crippen molar-refractivity contribution in [1.29, 1.82) is 0 Å². The zero-order valence-corrected chi connectivity index (χ0v) is 13.7. The van der Waals surface area contributed by atoms with Crippen molar-refractivity contribution in [2.75, 3.05) is 5.32 Å². The van der Waals surface area contributed by atoms with Crippen LogP contribution in [0.3, 0.4) is 0 Å². The molecule has 2 amide bonds. The molecule has 0 unspecified atom stereocenters. The number of carbonyl (C=O) groups is 2.